The molecular weight excluding hydrogens is 236 g/mol. The average Bonchev–Trinajstić information content (AvgIpc) is 2.85. The smallest absolute Gasteiger partial charge is 0.336 e. The number of aromatic nitrogens is 1. The van der Waals surface area contributed by atoms with Gasteiger partial charge in [-0.2, -0.15) is 0 Å². The zero-order valence-electron chi connectivity index (χ0n) is 9.51. The lowest BCUT2D eigenvalue weighted by atomic mass is 10.1. The van der Waals surface area contributed by atoms with Crippen molar-refractivity contribution in [3.05, 3.63) is 47.3 Å². The summed E-state index contributed by atoms with van der Waals surface area (Å²) in [4.78, 5) is 22.6. The van der Waals surface area contributed by atoms with Crippen LogP contribution >= 0.6 is 0 Å². The van der Waals surface area contributed by atoms with Crippen molar-refractivity contribution in [1.29, 1.82) is 0 Å². The summed E-state index contributed by atoms with van der Waals surface area (Å²) in [6, 6.07) is 6.07. The molecule has 1 heterocycles. The van der Waals surface area contributed by atoms with Crippen LogP contribution in [0, 0.1) is 6.92 Å². The molecule has 0 fully saturated rings. The van der Waals surface area contributed by atoms with Gasteiger partial charge in [0, 0.05) is 11.8 Å². The van der Waals surface area contributed by atoms with Crippen LogP contribution in [0.4, 0.5) is 5.69 Å². The van der Waals surface area contributed by atoms with Gasteiger partial charge in [0.25, 0.3) is 5.91 Å². The third-order valence-electron chi connectivity index (χ3n) is 2.40. The second-order valence-electron chi connectivity index (χ2n) is 3.67. The van der Waals surface area contributed by atoms with Crippen molar-refractivity contribution in [3.63, 3.8) is 0 Å². The van der Waals surface area contributed by atoms with Crippen molar-refractivity contribution >= 4 is 17.6 Å². The summed E-state index contributed by atoms with van der Waals surface area (Å²) in [5.74, 6) is -1.49. The summed E-state index contributed by atoms with van der Waals surface area (Å²) in [5, 5.41) is 15.0. The zero-order chi connectivity index (χ0) is 13.1. The predicted molar refractivity (Wildman–Crippen MR) is 62.6 cm³/mol. The average molecular weight is 246 g/mol. The first-order chi connectivity index (χ1) is 8.58. The number of hydrogen-bond donors (Lipinski definition) is 2. The largest absolute Gasteiger partial charge is 0.478 e. The van der Waals surface area contributed by atoms with E-state index in [1.54, 1.807) is 19.1 Å². The van der Waals surface area contributed by atoms with E-state index >= 15 is 0 Å². The SMILES string of the molecule is Cc1ccc(NC(=O)c2ccon2)cc1C(=O)O. The number of nitrogens with zero attached hydrogens (tertiary/aromatic N) is 1. The molecule has 2 aromatic rings. The number of carboxylic acid groups (broad SMARTS) is 1. The van der Waals surface area contributed by atoms with Gasteiger partial charge in [0.2, 0.25) is 0 Å². The van der Waals surface area contributed by atoms with E-state index < -0.39 is 11.9 Å². The van der Waals surface area contributed by atoms with Gasteiger partial charge in [0.1, 0.15) is 6.26 Å². The first-order valence-corrected chi connectivity index (χ1v) is 5.13. The molecular formula is C12H10N2O4. The summed E-state index contributed by atoms with van der Waals surface area (Å²) in [6.45, 7) is 1.69. The van der Waals surface area contributed by atoms with Crippen molar-refractivity contribution in [2.24, 2.45) is 0 Å². The van der Waals surface area contributed by atoms with E-state index in [9.17, 15) is 9.59 Å². The molecule has 0 aliphatic rings. The molecule has 0 aliphatic carbocycles. The maximum absolute atomic E-state index is 11.7. The van der Waals surface area contributed by atoms with E-state index in [0.717, 1.165) is 0 Å². The molecule has 0 bridgehead atoms. The van der Waals surface area contributed by atoms with E-state index in [-0.39, 0.29) is 11.3 Å². The normalized spacial score (nSPS) is 10.1. The Morgan fingerprint density at radius 1 is 1.33 bits per heavy atom. The molecule has 0 atom stereocenters. The van der Waals surface area contributed by atoms with Gasteiger partial charge in [-0.3, -0.25) is 4.79 Å². The third kappa shape index (κ3) is 2.37. The summed E-state index contributed by atoms with van der Waals surface area (Å²) in [6.07, 6.45) is 1.28. The minimum atomic E-state index is -1.04. The first kappa shape index (κ1) is 11.8. The van der Waals surface area contributed by atoms with Crippen molar-refractivity contribution in [1.82, 2.24) is 5.16 Å². The Balaban J connectivity index is 2.22. The van der Waals surface area contributed by atoms with Crippen LogP contribution in [0.3, 0.4) is 0 Å². The molecule has 1 aromatic heterocycles. The van der Waals surface area contributed by atoms with E-state index in [4.69, 9.17) is 5.11 Å². The molecule has 0 unspecified atom stereocenters. The summed E-state index contributed by atoms with van der Waals surface area (Å²) in [5.41, 5.74) is 1.30. The molecule has 18 heavy (non-hydrogen) atoms. The van der Waals surface area contributed by atoms with Crippen LogP contribution in [0.15, 0.2) is 35.1 Å². The highest BCUT2D eigenvalue weighted by Gasteiger charge is 2.12. The molecule has 92 valence electrons. The fourth-order valence-electron chi connectivity index (χ4n) is 1.45. The second-order valence-corrected chi connectivity index (χ2v) is 3.67. The number of rotatable bonds is 3. The van der Waals surface area contributed by atoms with Crippen LogP contribution in [-0.4, -0.2) is 22.1 Å². The lowest BCUT2D eigenvalue weighted by Crippen LogP contribution is -2.13. The van der Waals surface area contributed by atoms with Crippen LogP contribution in [0.2, 0.25) is 0 Å². The van der Waals surface area contributed by atoms with Crippen LogP contribution in [0.5, 0.6) is 0 Å². The molecule has 0 saturated carbocycles. The molecule has 6 nitrogen and oxygen atoms in total. The Kier molecular flexibility index (Phi) is 3.09. The van der Waals surface area contributed by atoms with Crippen LogP contribution in [0.1, 0.15) is 26.4 Å². The number of carbonyl (C=O) groups excluding carboxylic acids is 1. The predicted octanol–water partition coefficient (Wildman–Crippen LogP) is 1.93. The Morgan fingerprint density at radius 3 is 2.72 bits per heavy atom. The molecule has 2 N–H and O–H groups in total. The lowest BCUT2D eigenvalue weighted by molar-refractivity contribution is 0.0695. The highest BCUT2D eigenvalue weighted by atomic mass is 16.5. The third-order valence-corrected chi connectivity index (χ3v) is 2.40. The first-order valence-electron chi connectivity index (χ1n) is 5.13. The minimum Gasteiger partial charge on any atom is -0.478 e. The van der Waals surface area contributed by atoms with E-state index in [1.807, 2.05) is 0 Å². The summed E-state index contributed by atoms with van der Waals surface area (Å²) in [7, 11) is 0. The maximum Gasteiger partial charge on any atom is 0.336 e. The molecule has 0 aliphatic heterocycles. The number of anilines is 1. The molecule has 6 heteroatoms. The van der Waals surface area contributed by atoms with Crippen molar-refractivity contribution in [3.8, 4) is 0 Å². The quantitative estimate of drug-likeness (QED) is 0.863. The van der Waals surface area contributed by atoms with Gasteiger partial charge in [0.15, 0.2) is 5.69 Å². The number of nitrogens with one attached hydrogen (secondary N) is 1. The number of carbonyl (C=O) groups is 2. The molecule has 0 saturated heterocycles. The highest BCUT2D eigenvalue weighted by molar-refractivity contribution is 6.03. The molecule has 1 amide bonds. The van der Waals surface area contributed by atoms with Gasteiger partial charge in [-0.25, -0.2) is 4.79 Å². The monoisotopic (exact) mass is 246 g/mol. The minimum absolute atomic E-state index is 0.132. The number of hydrogen-bond acceptors (Lipinski definition) is 4. The fourth-order valence-corrected chi connectivity index (χ4v) is 1.45. The topological polar surface area (TPSA) is 92.4 Å². The molecule has 1 aromatic carbocycles. The maximum atomic E-state index is 11.7. The van der Waals surface area contributed by atoms with Gasteiger partial charge in [-0.1, -0.05) is 11.2 Å². The van der Waals surface area contributed by atoms with Crippen LogP contribution in [-0.2, 0) is 0 Å². The standard InChI is InChI=1S/C12H10N2O4/c1-7-2-3-8(6-9(7)12(16)17)13-11(15)10-4-5-18-14-10/h2-6H,1H3,(H,13,15)(H,16,17). The van der Waals surface area contributed by atoms with E-state index in [2.05, 4.69) is 15.0 Å². The Labute approximate surface area is 102 Å². The van der Waals surface area contributed by atoms with E-state index in [0.29, 0.717) is 11.3 Å². The molecule has 0 radical (unpaired) electrons. The zero-order valence-corrected chi connectivity index (χ0v) is 9.51. The van der Waals surface area contributed by atoms with Crippen molar-refractivity contribution in [2.75, 3.05) is 5.32 Å². The van der Waals surface area contributed by atoms with Crippen LogP contribution in [0.25, 0.3) is 0 Å². The lowest BCUT2D eigenvalue weighted by Gasteiger charge is -2.06. The van der Waals surface area contributed by atoms with Gasteiger partial charge < -0.3 is 14.9 Å². The van der Waals surface area contributed by atoms with Gasteiger partial charge >= 0.3 is 5.97 Å². The summed E-state index contributed by atoms with van der Waals surface area (Å²) >= 11 is 0. The fraction of sp³-hybridized carbons (Fsp3) is 0.0833. The van der Waals surface area contributed by atoms with Crippen molar-refractivity contribution in [2.45, 2.75) is 6.92 Å². The summed E-state index contributed by atoms with van der Waals surface area (Å²) < 4.78 is 4.55. The number of aromatic carboxylic acids is 1. The second kappa shape index (κ2) is 4.70. The van der Waals surface area contributed by atoms with Gasteiger partial charge in [-0.15, -0.1) is 0 Å². The van der Waals surface area contributed by atoms with Crippen molar-refractivity contribution < 1.29 is 19.2 Å². The Hall–Kier alpha value is -2.63. The molecule has 2 rings (SSSR count). The Bertz CT molecular complexity index is 590. The van der Waals surface area contributed by atoms with Gasteiger partial charge in [0.05, 0.1) is 5.56 Å². The number of carboxylic acids is 1. The van der Waals surface area contributed by atoms with Gasteiger partial charge in [-0.05, 0) is 24.6 Å². The molecule has 0 spiro atoms. The Morgan fingerprint density at radius 2 is 2.11 bits per heavy atom. The van der Waals surface area contributed by atoms with E-state index in [1.165, 1.54) is 18.4 Å². The number of amides is 1. The number of aryl methyl sites for hydroxylation is 1. The van der Waals surface area contributed by atoms with Crippen LogP contribution < -0.4 is 5.32 Å². The highest BCUT2D eigenvalue weighted by Crippen LogP contribution is 2.16. The number of benzene rings is 1.